The van der Waals surface area contributed by atoms with Crippen LogP contribution in [-0.2, 0) is 20.9 Å². The van der Waals surface area contributed by atoms with Crippen LogP contribution < -0.4 is 10.6 Å². The van der Waals surface area contributed by atoms with E-state index in [4.69, 9.17) is 10.00 Å². The lowest BCUT2D eigenvalue weighted by atomic mass is 10.2. The van der Waals surface area contributed by atoms with E-state index in [1.54, 1.807) is 35.1 Å². The zero-order chi connectivity index (χ0) is 19.1. The SMILES string of the molecule is N#Cc1cccc(NC(=O)C(=O)Nc2ccn(CCN3CCOCC3)n2)c1. The van der Waals surface area contributed by atoms with Gasteiger partial charge in [0, 0.05) is 37.6 Å². The van der Waals surface area contributed by atoms with Crippen molar-refractivity contribution in [2.75, 3.05) is 43.5 Å². The second kappa shape index (κ2) is 8.93. The molecule has 9 heteroatoms. The van der Waals surface area contributed by atoms with Gasteiger partial charge in [0.25, 0.3) is 0 Å². The third kappa shape index (κ3) is 5.37. The third-order valence-electron chi connectivity index (χ3n) is 4.09. The Labute approximate surface area is 156 Å². The fourth-order valence-electron chi connectivity index (χ4n) is 2.65. The first-order valence-corrected chi connectivity index (χ1v) is 8.60. The van der Waals surface area contributed by atoms with Crippen LogP contribution in [0.3, 0.4) is 0 Å². The Morgan fingerprint density at radius 3 is 2.70 bits per heavy atom. The predicted octanol–water partition coefficient (Wildman–Crippen LogP) is 0.664. The molecule has 1 aromatic carbocycles. The highest BCUT2D eigenvalue weighted by atomic mass is 16.5. The van der Waals surface area contributed by atoms with Crippen LogP contribution in [0.15, 0.2) is 36.5 Å². The number of rotatable bonds is 5. The van der Waals surface area contributed by atoms with Crippen LogP contribution in [0.1, 0.15) is 5.56 Å². The highest BCUT2D eigenvalue weighted by molar-refractivity contribution is 6.43. The number of nitrogens with zero attached hydrogens (tertiary/aromatic N) is 4. The average Bonchev–Trinajstić information content (AvgIpc) is 3.14. The maximum absolute atomic E-state index is 12.0. The summed E-state index contributed by atoms with van der Waals surface area (Å²) in [6, 6.07) is 9.95. The monoisotopic (exact) mass is 368 g/mol. The second-order valence-corrected chi connectivity index (χ2v) is 6.02. The molecule has 0 unspecified atom stereocenters. The summed E-state index contributed by atoms with van der Waals surface area (Å²) in [6.45, 7) is 4.81. The summed E-state index contributed by atoms with van der Waals surface area (Å²) in [6.07, 6.45) is 1.75. The van der Waals surface area contributed by atoms with Gasteiger partial charge in [-0.25, -0.2) is 0 Å². The van der Waals surface area contributed by atoms with Gasteiger partial charge in [-0.15, -0.1) is 0 Å². The van der Waals surface area contributed by atoms with E-state index in [1.165, 1.54) is 6.07 Å². The van der Waals surface area contributed by atoms with Crippen LogP contribution in [-0.4, -0.2) is 59.3 Å². The number of anilines is 2. The molecule has 1 aliphatic heterocycles. The summed E-state index contributed by atoms with van der Waals surface area (Å²) >= 11 is 0. The third-order valence-corrected chi connectivity index (χ3v) is 4.09. The summed E-state index contributed by atoms with van der Waals surface area (Å²) in [5.41, 5.74) is 0.775. The van der Waals surface area contributed by atoms with E-state index in [-0.39, 0.29) is 0 Å². The molecule has 0 radical (unpaired) electrons. The lowest BCUT2D eigenvalue weighted by Gasteiger charge is -2.26. The van der Waals surface area contributed by atoms with Gasteiger partial charge in [0.15, 0.2) is 5.82 Å². The van der Waals surface area contributed by atoms with E-state index in [0.29, 0.717) is 23.6 Å². The van der Waals surface area contributed by atoms with Crippen molar-refractivity contribution in [1.82, 2.24) is 14.7 Å². The maximum Gasteiger partial charge on any atom is 0.315 e. The number of ether oxygens (including phenoxy) is 1. The van der Waals surface area contributed by atoms with E-state index in [0.717, 1.165) is 32.8 Å². The van der Waals surface area contributed by atoms with E-state index >= 15 is 0 Å². The van der Waals surface area contributed by atoms with E-state index in [2.05, 4.69) is 20.6 Å². The maximum atomic E-state index is 12.0. The van der Waals surface area contributed by atoms with Crippen molar-refractivity contribution in [2.24, 2.45) is 0 Å². The Hall–Kier alpha value is -3.22. The quantitative estimate of drug-likeness (QED) is 0.750. The highest BCUT2D eigenvalue weighted by Crippen LogP contribution is 2.10. The topological polar surface area (TPSA) is 112 Å². The number of nitrogens with one attached hydrogen (secondary N) is 2. The molecule has 140 valence electrons. The van der Waals surface area contributed by atoms with Crippen molar-refractivity contribution >= 4 is 23.3 Å². The molecule has 27 heavy (non-hydrogen) atoms. The number of hydrogen-bond acceptors (Lipinski definition) is 6. The summed E-state index contributed by atoms with van der Waals surface area (Å²) in [5.74, 6) is -1.34. The minimum atomic E-state index is -0.826. The summed E-state index contributed by atoms with van der Waals surface area (Å²) in [4.78, 5) is 26.3. The molecule has 2 amide bonds. The first-order valence-electron chi connectivity index (χ1n) is 8.60. The fraction of sp³-hybridized carbons (Fsp3) is 0.333. The number of morpholine rings is 1. The number of nitriles is 1. The molecule has 2 aromatic rings. The molecule has 1 aliphatic rings. The van der Waals surface area contributed by atoms with Gasteiger partial charge in [0.2, 0.25) is 0 Å². The van der Waals surface area contributed by atoms with Gasteiger partial charge in [-0.05, 0) is 18.2 Å². The molecular weight excluding hydrogens is 348 g/mol. The second-order valence-electron chi connectivity index (χ2n) is 6.02. The van der Waals surface area contributed by atoms with Gasteiger partial charge in [-0.2, -0.15) is 10.4 Å². The Morgan fingerprint density at radius 1 is 1.15 bits per heavy atom. The number of aromatic nitrogens is 2. The molecular formula is C18H20N6O3. The predicted molar refractivity (Wildman–Crippen MR) is 97.9 cm³/mol. The van der Waals surface area contributed by atoms with E-state index < -0.39 is 11.8 Å². The average molecular weight is 368 g/mol. The fourth-order valence-corrected chi connectivity index (χ4v) is 2.65. The van der Waals surface area contributed by atoms with Gasteiger partial charge in [-0.3, -0.25) is 19.2 Å². The standard InChI is InChI=1S/C18H20N6O3/c19-13-14-2-1-3-15(12-14)20-17(25)18(26)21-16-4-5-24(22-16)7-6-23-8-10-27-11-9-23/h1-5,12H,6-11H2,(H,20,25)(H,21,22,26). The van der Waals surface area contributed by atoms with Crippen molar-refractivity contribution in [1.29, 1.82) is 5.26 Å². The number of carbonyl (C=O) groups is 2. The molecule has 0 spiro atoms. The Kier molecular flexibility index (Phi) is 6.14. The smallest absolute Gasteiger partial charge is 0.315 e. The van der Waals surface area contributed by atoms with Crippen LogP contribution in [0, 0.1) is 11.3 Å². The Morgan fingerprint density at radius 2 is 1.93 bits per heavy atom. The van der Waals surface area contributed by atoms with Crippen molar-refractivity contribution in [2.45, 2.75) is 6.54 Å². The molecule has 1 saturated heterocycles. The Balaban J connectivity index is 1.49. The van der Waals surface area contributed by atoms with Crippen LogP contribution in [0.5, 0.6) is 0 Å². The van der Waals surface area contributed by atoms with Crippen molar-refractivity contribution in [3.05, 3.63) is 42.1 Å². The molecule has 0 bridgehead atoms. The zero-order valence-corrected chi connectivity index (χ0v) is 14.7. The van der Waals surface area contributed by atoms with Crippen LogP contribution in [0.25, 0.3) is 0 Å². The van der Waals surface area contributed by atoms with Gasteiger partial charge in [0.1, 0.15) is 0 Å². The van der Waals surface area contributed by atoms with E-state index in [9.17, 15) is 9.59 Å². The zero-order valence-electron chi connectivity index (χ0n) is 14.7. The largest absolute Gasteiger partial charge is 0.379 e. The number of carbonyl (C=O) groups excluding carboxylic acids is 2. The lowest BCUT2D eigenvalue weighted by molar-refractivity contribution is -0.133. The van der Waals surface area contributed by atoms with Gasteiger partial charge < -0.3 is 15.4 Å². The van der Waals surface area contributed by atoms with Crippen LogP contribution in [0.2, 0.25) is 0 Å². The van der Waals surface area contributed by atoms with Crippen LogP contribution in [0.4, 0.5) is 11.5 Å². The molecule has 1 fully saturated rings. The first-order chi connectivity index (χ1) is 13.1. The minimum Gasteiger partial charge on any atom is -0.379 e. The summed E-state index contributed by atoms with van der Waals surface area (Å²) in [5, 5.41) is 18.0. The van der Waals surface area contributed by atoms with Gasteiger partial charge in [0.05, 0.1) is 31.4 Å². The van der Waals surface area contributed by atoms with Crippen molar-refractivity contribution in [3.63, 3.8) is 0 Å². The lowest BCUT2D eigenvalue weighted by Crippen LogP contribution is -2.38. The molecule has 0 saturated carbocycles. The summed E-state index contributed by atoms with van der Waals surface area (Å²) in [7, 11) is 0. The number of amides is 2. The van der Waals surface area contributed by atoms with Crippen LogP contribution >= 0.6 is 0 Å². The molecule has 1 aromatic heterocycles. The van der Waals surface area contributed by atoms with Crippen molar-refractivity contribution < 1.29 is 14.3 Å². The minimum absolute atomic E-state index is 0.308. The normalized spacial score (nSPS) is 14.3. The summed E-state index contributed by atoms with van der Waals surface area (Å²) < 4.78 is 7.03. The first kappa shape index (κ1) is 18.6. The van der Waals surface area contributed by atoms with Gasteiger partial charge >= 0.3 is 11.8 Å². The van der Waals surface area contributed by atoms with Gasteiger partial charge in [-0.1, -0.05) is 6.07 Å². The molecule has 2 N–H and O–H groups in total. The van der Waals surface area contributed by atoms with Crippen molar-refractivity contribution in [3.8, 4) is 6.07 Å². The molecule has 3 rings (SSSR count). The highest BCUT2D eigenvalue weighted by Gasteiger charge is 2.16. The molecule has 0 atom stereocenters. The molecule has 2 heterocycles. The van der Waals surface area contributed by atoms with E-state index in [1.807, 2.05) is 6.07 Å². The molecule has 9 nitrogen and oxygen atoms in total. The molecule has 0 aliphatic carbocycles. The Bertz CT molecular complexity index is 851. The number of benzene rings is 1. The number of hydrogen-bond donors (Lipinski definition) is 2.